The molecule has 0 rings (SSSR count). The first-order valence-electron chi connectivity index (χ1n) is 2.43. The molecule has 0 aliphatic heterocycles. The Hall–Kier alpha value is 0.260. The highest BCUT2D eigenvalue weighted by atomic mass is 79.9. The number of rotatable bonds is 3. The average Bonchev–Trinajstić information content (AvgIpc) is 1.64. The molecule has 5 heteroatoms. The van der Waals surface area contributed by atoms with E-state index in [4.69, 9.17) is 10.8 Å². The molecule has 0 aromatic rings. The minimum Gasteiger partial charge on any atom is -0.386 e. The van der Waals surface area contributed by atoms with E-state index in [-0.39, 0.29) is 13.0 Å². The third-order valence-electron chi connectivity index (χ3n) is 0.818. The van der Waals surface area contributed by atoms with Gasteiger partial charge in [-0.2, -0.15) is 8.78 Å². The van der Waals surface area contributed by atoms with Crippen LogP contribution in [0.3, 0.4) is 0 Å². The molecule has 0 radical (unpaired) electrons. The smallest absolute Gasteiger partial charge is 0.326 e. The summed E-state index contributed by atoms with van der Waals surface area (Å²) in [5.74, 6) is 0. The molecule has 1 unspecified atom stereocenters. The normalized spacial score (nSPS) is 15.7. The molecule has 0 aliphatic rings. The van der Waals surface area contributed by atoms with Gasteiger partial charge in [0.25, 0.3) is 0 Å². The largest absolute Gasteiger partial charge is 0.386 e. The van der Waals surface area contributed by atoms with Crippen LogP contribution in [0.4, 0.5) is 8.78 Å². The summed E-state index contributed by atoms with van der Waals surface area (Å²) in [7, 11) is 0. The van der Waals surface area contributed by atoms with E-state index in [0.29, 0.717) is 0 Å². The van der Waals surface area contributed by atoms with Gasteiger partial charge in [-0.25, -0.2) is 0 Å². The summed E-state index contributed by atoms with van der Waals surface area (Å²) in [4.78, 5) is -3.20. The van der Waals surface area contributed by atoms with Gasteiger partial charge in [0.2, 0.25) is 0 Å². The zero-order valence-electron chi connectivity index (χ0n) is 4.65. The van der Waals surface area contributed by atoms with Crippen molar-refractivity contribution in [2.45, 2.75) is 17.4 Å². The molecule has 1 atom stereocenters. The van der Waals surface area contributed by atoms with Gasteiger partial charge >= 0.3 is 4.83 Å². The van der Waals surface area contributed by atoms with Crippen LogP contribution in [0.2, 0.25) is 0 Å². The van der Waals surface area contributed by atoms with E-state index in [1.165, 1.54) is 0 Å². The average molecular weight is 204 g/mol. The second kappa shape index (κ2) is 3.43. The van der Waals surface area contributed by atoms with Gasteiger partial charge in [-0.3, -0.25) is 0 Å². The first-order valence-corrected chi connectivity index (χ1v) is 3.22. The van der Waals surface area contributed by atoms with Crippen LogP contribution < -0.4 is 5.73 Å². The molecule has 0 aromatic carbocycles. The lowest BCUT2D eigenvalue weighted by Gasteiger charge is -2.14. The first kappa shape index (κ1) is 9.26. The second-order valence-corrected chi connectivity index (χ2v) is 2.69. The van der Waals surface area contributed by atoms with E-state index in [1.54, 1.807) is 0 Å². The van der Waals surface area contributed by atoms with Crippen molar-refractivity contribution in [1.29, 1.82) is 0 Å². The second-order valence-electron chi connectivity index (χ2n) is 1.63. The molecule has 0 saturated carbocycles. The summed E-state index contributed by atoms with van der Waals surface area (Å²) < 4.78 is 23.8. The summed E-state index contributed by atoms with van der Waals surface area (Å²) in [5.41, 5.74) is 4.91. The van der Waals surface area contributed by atoms with Crippen molar-refractivity contribution in [3.05, 3.63) is 0 Å². The van der Waals surface area contributed by atoms with Gasteiger partial charge in [0.05, 0.1) is 0 Å². The number of hydrogen-bond acceptors (Lipinski definition) is 2. The van der Waals surface area contributed by atoms with Gasteiger partial charge in [0.15, 0.2) is 0 Å². The maximum Gasteiger partial charge on any atom is 0.326 e. The maximum absolute atomic E-state index is 11.9. The number of alkyl halides is 3. The molecular formula is C4H8BrF2NO. The molecule has 56 valence electrons. The third kappa shape index (κ3) is 3.77. The van der Waals surface area contributed by atoms with Crippen LogP contribution >= 0.6 is 15.9 Å². The first-order chi connectivity index (χ1) is 3.98. The van der Waals surface area contributed by atoms with Gasteiger partial charge in [-0.05, 0) is 28.9 Å². The van der Waals surface area contributed by atoms with Crippen molar-refractivity contribution in [3.8, 4) is 0 Å². The van der Waals surface area contributed by atoms with Crippen LogP contribution in [0.1, 0.15) is 6.42 Å². The zero-order valence-corrected chi connectivity index (χ0v) is 6.24. The highest BCUT2D eigenvalue weighted by Crippen LogP contribution is 2.27. The zero-order chi connectivity index (χ0) is 7.49. The lowest BCUT2D eigenvalue weighted by molar-refractivity contribution is -0.0302. The van der Waals surface area contributed by atoms with Crippen LogP contribution in [0.15, 0.2) is 0 Å². The molecule has 2 nitrogen and oxygen atoms in total. The van der Waals surface area contributed by atoms with Gasteiger partial charge < -0.3 is 10.8 Å². The summed E-state index contributed by atoms with van der Waals surface area (Å²) in [5, 5.41) is 8.51. The number of aliphatic hydroxyl groups excluding tert-OH is 1. The molecule has 0 amide bonds. The van der Waals surface area contributed by atoms with Gasteiger partial charge in [0.1, 0.15) is 6.10 Å². The minimum absolute atomic E-state index is 0.0579. The highest BCUT2D eigenvalue weighted by Gasteiger charge is 2.33. The Bertz CT molecular complexity index is 85.1. The quantitative estimate of drug-likeness (QED) is 0.664. The number of halogens is 3. The van der Waals surface area contributed by atoms with Crippen LogP contribution in [-0.2, 0) is 0 Å². The Balaban J connectivity index is 3.59. The predicted octanol–water partition coefficient (Wildman–Crippen LogP) is 0.684. The van der Waals surface area contributed by atoms with E-state index in [0.717, 1.165) is 0 Å². The fourth-order valence-corrected chi connectivity index (χ4v) is 0.550. The van der Waals surface area contributed by atoms with Crippen molar-refractivity contribution in [1.82, 2.24) is 0 Å². The topological polar surface area (TPSA) is 46.2 Å². The van der Waals surface area contributed by atoms with Crippen LogP contribution in [-0.4, -0.2) is 22.6 Å². The van der Waals surface area contributed by atoms with Gasteiger partial charge in [-0.15, -0.1) is 0 Å². The molecule has 0 aliphatic carbocycles. The molecule has 0 bridgehead atoms. The summed E-state index contributed by atoms with van der Waals surface area (Å²) in [6, 6.07) is 0. The molecule has 0 heterocycles. The van der Waals surface area contributed by atoms with E-state index in [1.807, 2.05) is 15.9 Å². The molecule has 3 N–H and O–H groups in total. The third-order valence-corrected chi connectivity index (χ3v) is 1.35. The van der Waals surface area contributed by atoms with E-state index in [2.05, 4.69) is 0 Å². The summed E-state index contributed by atoms with van der Waals surface area (Å²) in [6.07, 6.45) is -1.78. The number of nitrogens with two attached hydrogens (primary N) is 1. The Morgan fingerprint density at radius 3 is 2.22 bits per heavy atom. The fraction of sp³-hybridized carbons (Fsp3) is 1.00. The monoisotopic (exact) mass is 203 g/mol. The van der Waals surface area contributed by atoms with Crippen LogP contribution in [0.5, 0.6) is 0 Å². The highest BCUT2D eigenvalue weighted by molar-refractivity contribution is 9.10. The predicted molar refractivity (Wildman–Crippen MR) is 33.6 cm³/mol. The molecule has 0 fully saturated rings. The number of aliphatic hydroxyl groups is 1. The molecule has 9 heavy (non-hydrogen) atoms. The molecule has 0 spiro atoms. The van der Waals surface area contributed by atoms with E-state index >= 15 is 0 Å². The molecular weight excluding hydrogens is 196 g/mol. The molecule has 0 saturated heterocycles. The maximum atomic E-state index is 11.9. The molecule has 0 aromatic heterocycles. The standard InChI is InChI=1S/C4H8BrF2NO/c5-4(6,7)3(9)1-2-8/h3,9H,1-2,8H2. The SMILES string of the molecule is NCCC(O)C(F)(F)Br. The summed E-state index contributed by atoms with van der Waals surface area (Å²) >= 11 is 2.01. The van der Waals surface area contributed by atoms with Crippen molar-refractivity contribution >= 4 is 15.9 Å². The van der Waals surface area contributed by atoms with Gasteiger partial charge in [-0.1, -0.05) is 0 Å². The summed E-state index contributed by atoms with van der Waals surface area (Å²) in [6.45, 7) is 0.0579. The lowest BCUT2D eigenvalue weighted by atomic mass is 10.3. The fourth-order valence-electron chi connectivity index (χ4n) is 0.322. The van der Waals surface area contributed by atoms with Crippen molar-refractivity contribution in [3.63, 3.8) is 0 Å². The van der Waals surface area contributed by atoms with Crippen molar-refractivity contribution in [2.75, 3.05) is 6.54 Å². The Kier molecular flexibility index (Phi) is 3.53. The van der Waals surface area contributed by atoms with Crippen LogP contribution in [0.25, 0.3) is 0 Å². The van der Waals surface area contributed by atoms with E-state index < -0.39 is 10.9 Å². The Morgan fingerprint density at radius 1 is 1.67 bits per heavy atom. The number of hydrogen-bond donors (Lipinski definition) is 2. The minimum atomic E-state index is -3.20. The van der Waals surface area contributed by atoms with E-state index in [9.17, 15) is 8.78 Å². The van der Waals surface area contributed by atoms with Gasteiger partial charge in [0, 0.05) is 0 Å². The van der Waals surface area contributed by atoms with Crippen molar-refractivity contribution in [2.24, 2.45) is 5.73 Å². The Morgan fingerprint density at radius 2 is 2.11 bits per heavy atom. The van der Waals surface area contributed by atoms with Crippen LogP contribution in [0, 0.1) is 0 Å². The lowest BCUT2D eigenvalue weighted by Crippen LogP contribution is -2.29. The van der Waals surface area contributed by atoms with Crippen molar-refractivity contribution < 1.29 is 13.9 Å². The Labute approximate surface area is 60.2 Å².